The summed E-state index contributed by atoms with van der Waals surface area (Å²) in [7, 11) is 0. The van der Waals surface area contributed by atoms with E-state index in [0.717, 1.165) is 6.54 Å². The summed E-state index contributed by atoms with van der Waals surface area (Å²) < 4.78 is 0. The van der Waals surface area contributed by atoms with Crippen molar-refractivity contribution in [3.05, 3.63) is 0 Å². The van der Waals surface area contributed by atoms with Crippen LogP contribution in [0.4, 0.5) is 0 Å². The Labute approximate surface area is 75.9 Å². The SMILES string of the molecule is CCC1(CCCN)CCNCC1. The molecule has 0 atom stereocenters. The monoisotopic (exact) mass is 170 g/mol. The summed E-state index contributed by atoms with van der Waals surface area (Å²) in [5.41, 5.74) is 6.17. The van der Waals surface area contributed by atoms with E-state index in [-0.39, 0.29) is 0 Å². The van der Waals surface area contributed by atoms with E-state index in [1.807, 2.05) is 0 Å². The van der Waals surface area contributed by atoms with Gasteiger partial charge in [0.05, 0.1) is 0 Å². The van der Waals surface area contributed by atoms with Gasteiger partial charge in [0.1, 0.15) is 0 Å². The molecule has 72 valence electrons. The molecule has 1 saturated heterocycles. The van der Waals surface area contributed by atoms with Gasteiger partial charge in [-0.2, -0.15) is 0 Å². The Morgan fingerprint density at radius 1 is 1.33 bits per heavy atom. The van der Waals surface area contributed by atoms with E-state index >= 15 is 0 Å². The maximum absolute atomic E-state index is 5.54. The topological polar surface area (TPSA) is 38.0 Å². The van der Waals surface area contributed by atoms with Crippen LogP contribution in [0.5, 0.6) is 0 Å². The van der Waals surface area contributed by atoms with Gasteiger partial charge in [-0.25, -0.2) is 0 Å². The fourth-order valence-electron chi connectivity index (χ4n) is 2.21. The smallest absolute Gasteiger partial charge is 0.00436 e. The van der Waals surface area contributed by atoms with Gasteiger partial charge in [-0.15, -0.1) is 0 Å². The molecule has 0 aliphatic carbocycles. The highest BCUT2D eigenvalue weighted by Crippen LogP contribution is 2.36. The number of piperidine rings is 1. The molecule has 0 saturated carbocycles. The summed E-state index contributed by atoms with van der Waals surface area (Å²) in [6, 6.07) is 0. The highest BCUT2D eigenvalue weighted by Gasteiger charge is 2.28. The largest absolute Gasteiger partial charge is 0.330 e. The van der Waals surface area contributed by atoms with Crippen molar-refractivity contribution in [3.63, 3.8) is 0 Å². The highest BCUT2D eigenvalue weighted by atomic mass is 14.9. The van der Waals surface area contributed by atoms with E-state index in [4.69, 9.17) is 5.73 Å². The molecule has 0 amide bonds. The normalized spacial score (nSPS) is 22.5. The maximum atomic E-state index is 5.54. The molecule has 1 aliphatic heterocycles. The fourth-order valence-corrected chi connectivity index (χ4v) is 2.21. The Bertz CT molecular complexity index is 117. The van der Waals surface area contributed by atoms with Crippen molar-refractivity contribution in [1.29, 1.82) is 0 Å². The predicted molar refractivity (Wildman–Crippen MR) is 53.1 cm³/mol. The van der Waals surface area contributed by atoms with Gasteiger partial charge in [0.2, 0.25) is 0 Å². The Morgan fingerprint density at radius 3 is 2.50 bits per heavy atom. The van der Waals surface area contributed by atoms with E-state index in [1.165, 1.54) is 45.2 Å². The number of hydrogen-bond acceptors (Lipinski definition) is 2. The van der Waals surface area contributed by atoms with Gasteiger partial charge in [0.25, 0.3) is 0 Å². The van der Waals surface area contributed by atoms with Crippen molar-refractivity contribution < 1.29 is 0 Å². The third kappa shape index (κ3) is 2.46. The van der Waals surface area contributed by atoms with Crippen LogP contribution >= 0.6 is 0 Å². The summed E-state index contributed by atoms with van der Waals surface area (Å²) in [6.07, 6.45) is 6.57. The average molecular weight is 170 g/mol. The summed E-state index contributed by atoms with van der Waals surface area (Å²) in [4.78, 5) is 0. The zero-order chi connectivity index (χ0) is 8.86. The predicted octanol–water partition coefficient (Wildman–Crippen LogP) is 1.51. The van der Waals surface area contributed by atoms with Crippen LogP contribution in [0.3, 0.4) is 0 Å². The second-order valence-electron chi connectivity index (χ2n) is 4.00. The molecule has 0 bridgehead atoms. The van der Waals surface area contributed by atoms with Gasteiger partial charge >= 0.3 is 0 Å². The molecule has 1 heterocycles. The van der Waals surface area contributed by atoms with E-state index in [0.29, 0.717) is 5.41 Å². The Hall–Kier alpha value is -0.0800. The van der Waals surface area contributed by atoms with Crippen LogP contribution in [0.25, 0.3) is 0 Å². The van der Waals surface area contributed by atoms with Gasteiger partial charge < -0.3 is 11.1 Å². The molecule has 1 rings (SSSR count). The van der Waals surface area contributed by atoms with E-state index in [9.17, 15) is 0 Å². The van der Waals surface area contributed by atoms with Crippen molar-refractivity contribution in [3.8, 4) is 0 Å². The lowest BCUT2D eigenvalue weighted by atomic mass is 9.73. The van der Waals surface area contributed by atoms with Crippen molar-refractivity contribution in [1.82, 2.24) is 5.32 Å². The van der Waals surface area contributed by atoms with Crippen LogP contribution in [0.15, 0.2) is 0 Å². The second kappa shape index (κ2) is 4.83. The summed E-state index contributed by atoms with van der Waals surface area (Å²) in [5.74, 6) is 0. The first-order valence-corrected chi connectivity index (χ1v) is 5.24. The Kier molecular flexibility index (Phi) is 4.02. The molecule has 0 aromatic rings. The van der Waals surface area contributed by atoms with Crippen molar-refractivity contribution in [2.24, 2.45) is 11.1 Å². The first-order chi connectivity index (χ1) is 5.83. The molecule has 0 unspecified atom stereocenters. The summed E-state index contributed by atoms with van der Waals surface area (Å²) in [5, 5.41) is 3.42. The highest BCUT2D eigenvalue weighted by molar-refractivity contribution is 4.83. The van der Waals surface area contributed by atoms with Gasteiger partial charge in [-0.05, 0) is 50.7 Å². The second-order valence-corrected chi connectivity index (χ2v) is 4.00. The third-order valence-corrected chi connectivity index (χ3v) is 3.33. The minimum Gasteiger partial charge on any atom is -0.330 e. The number of nitrogens with two attached hydrogens (primary N) is 1. The number of rotatable bonds is 4. The van der Waals surface area contributed by atoms with Crippen molar-refractivity contribution in [2.75, 3.05) is 19.6 Å². The molecule has 1 aliphatic rings. The lowest BCUT2D eigenvalue weighted by Gasteiger charge is -2.37. The zero-order valence-electron chi connectivity index (χ0n) is 8.23. The minimum absolute atomic E-state index is 0.630. The van der Waals surface area contributed by atoms with Gasteiger partial charge in [-0.3, -0.25) is 0 Å². The van der Waals surface area contributed by atoms with E-state index in [2.05, 4.69) is 12.2 Å². The first-order valence-electron chi connectivity index (χ1n) is 5.24. The van der Waals surface area contributed by atoms with Gasteiger partial charge in [0, 0.05) is 0 Å². The molecule has 12 heavy (non-hydrogen) atoms. The van der Waals surface area contributed by atoms with Crippen LogP contribution < -0.4 is 11.1 Å². The standard InChI is InChI=1S/C10H22N2/c1-2-10(4-3-7-11)5-8-12-9-6-10/h12H,2-9,11H2,1H3. The van der Waals surface area contributed by atoms with Crippen LogP contribution in [0, 0.1) is 5.41 Å². The molecule has 0 aromatic carbocycles. The average Bonchev–Trinajstić information content (AvgIpc) is 2.16. The third-order valence-electron chi connectivity index (χ3n) is 3.33. The minimum atomic E-state index is 0.630. The Morgan fingerprint density at radius 2 is 2.00 bits per heavy atom. The summed E-state index contributed by atoms with van der Waals surface area (Å²) in [6.45, 7) is 5.59. The maximum Gasteiger partial charge on any atom is -0.00436 e. The van der Waals surface area contributed by atoms with Crippen LogP contribution in [0.2, 0.25) is 0 Å². The lowest BCUT2D eigenvalue weighted by molar-refractivity contribution is 0.173. The molecule has 3 N–H and O–H groups in total. The molecule has 1 fully saturated rings. The molecule has 2 nitrogen and oxygen atoms in total. The van der Waals surface area contributed by atoms with Gasteiger partial charge in [0.15, 0.2) is 0 Å². The molecular weight excluding hydrogens is 148 g/mol. The van der Waals surface area contributed by atoms with E-state index in [1.54, 1.807) is 0 Å². The molecule has 0 aromatic heterocycles. The number of nitrogens with one attached hydrogen (secondary N) is 1. The van der Waals surface area contributed by atoms with Crippen molar-refractivity contribution >= 4 is 0 Å². The first kappa shape index (κ1) is 10.0. The van der Waals surface area contributed by atoms with Crippen molar-refractivity contribution in [2.45, 2.75) is 39.0 Å². The zero-order valence-corrected chi connectivity index (χ0v) is 8.23. The lowest BCUT2D eigenvalue weighted by Crippen LogP contribution is -2.36. The summed E-state index contributed by atoms with van der Waals surface area (Å²) >= 11 is 0. The quantitative estimate of drug-likeness (QED) is 0.671. The number of hydrogen-bond donors (Lipinski definition) is 2. The van der Waals surface area contributed by atoms with E-state index < -0.39 is 0 Å². The van der Waals surface area contributed by atoms with Crippen LogP contribution in [-0.2, 0) is 0 Å². The van der Waals surface area contributed by atoms with Crippen LogP contribution in [0.1, 0.15) is 39.0 Å². The molecular formula is C10H22N2. The Balaban J connectivity index is 2.37. The van der Waals surface area contributed by atoms with Crippen LogP contribution in [-0.4, -0.2) is 19.6 Å². The molecule has 0 radical (unpaired) electrons. The molecule has 2 heteroatoms. The fraction of sp³-hybridized carbons (Fsp3) is 1.00. The molecule has 0 spiro atoms. The van der Waals surface area contributed by atoms with Gasteiger partial charge in [-0.1, -0.05) is 13.3 Å².